The highest BCUT2D eigenvalue weighted by Crippen LogP contribution is 2.36. The van der Waals surface area contributed by atoms with Gasteiger partial charge in [0.2, 0.25) is 0 Å². The van der Waals surface area contributed by atoms with Gasteiger partial charge >= 0.3 is 0 Å². The van der Waals surface area contributed by atoms with Gasteiger partial charge in [-0.05, 0) is 60.4 Å². The van der Waals surface area contributed by atoms with Gasteiger partial charge in [-0.25, -0.2) is 0 Å². The molecule has 2 aromatic carbocycles. The molecule has 1 aromatic heterocycles. The molecule has 1 aliphatic heterocycles. The van der Waals surface area contributed by atoms with E-state index >= 15 is 0 Å². The Morgan fingerprint density at radius 1 is 1.19 bits per heavy atom. The molecule has 0 atom stereocenters. The van der Waals surface area contributed by atoms with Crippen LogP contribution in [0.3, 0.4) is 0 Å². The summed E-state index contributed by atoms with van der Waals surface area (Å²) >= 11 is 1.79. The Balaban J connectivity index is 1.64. The van der Waals surface area contributed by atoms with Crippen LogP contribution in [0.1, 0.15) is 12.0 Å². The molecular formula is C22H23N3S. The molecule has 0 amide bonds. The van der Waals surface area contributed by atoms with Gasteiger partial charge in [0.1, 0.15) is 0 Å². The Morgan fingerprint density at radius 2 is 2.00 bits per heavy atom. The van der Waals surface area contributed by atoms with Crippen LogP contribution in [0.2, 0.25) is 0 Å². The summed E-state index contributed by atoms with van der Waals surface area (Å²) in [5, 5.41) is 8.99. The zero-order chi connectivity index (χ0) is 18.1. The summed E-state index contributed by atoms with van der Waals surface area (Å²) in [5.74, 6) is 0. The van der Waals surface area contributed by atoms with E-state index in [-0.39, 0.29) is 0 Å². The van der Waals surface area contributed by atoms with Gasteiger partial charge in [0.05, 0.1) is 5.52 Å². The van der Waals surface area contributed by atoms with Crippen LogP contribution in [0.4, 0.5) is 0 Å². The first-order valence-corrected chi connectivity index (χ1v) is 9.73. The molecule has 0 saturated carbocycles. The molecule has 0 fully saturated rings. The van der Waals surface area contributed by atoms with Crippen LogP contribution in [-0.4, -0.2) is 22.9 Å². The molecule has 0 radical (unpaired) electrons. The Labute approximate surface area is 158 Å². The van der Waals surface area contributed by atoms with E-state index in [1.54, 1.807) is 11.8 Å². The molecule has 3 aromatic rings. The number of nitrogens with zero attached hydrogens (tertiary/aromatic N) is 2. The summed E-state index contributed by atoms with van der Waals surface area (Å²) in [4.78, 5) is 2.44. The molecule has 0 spiro atoms. The summed E-state index contributed by atoms with van der Waals surface area (Å²) in [6.07, 6.45) is 5.38. The lowest BCUT2D eigenvalue weighted by molar-refractivity contribution is 0.711. The topological polar surface area (TPSA) is 29.9 Å². The molecule has 4 heteroatoms. The second kappa shape index (κ2) is 7.14. The van der Waals surface area contributed by atoms with Gasteiger partial charge in [0.25, 0.3) is 0 Å². The van der Waals surface area contributed by atoms with Crippen LogP contribution in [-0.2, 0) is 7.05 Å². The van der Waals surface area contributed by atoms with Crippen molar-refractivity contribution in [2.75, 3.05) is 13.1 Å². The lowest BCUT2D eigenvalue weighted by Gasteiger charge is -2.17. The number of aryl methyl sites for hydroxylation is 2. The molecule has 1 N–H and O–H groups in total. The van der Waals surface area contributed by atoms with E-state index in [9.17, 15) is 0 Å². The molecule has 4 rings (SSSR count). The number of benzene rings is 2. The fraction of sp³-hybridized carbons (Fsp3) is 0.227. The van der Waals surface area contributed by atoms with Crippen molar-refractivity contribution in [3.8, 4) is 11.1 Å². The molecule has 0 unspecified atom stereocenters. The Kier molecular flexibility index (Phi) is 4.70. The molecule has 3 nitrogen and oxygen atoms in total. The van der Waals surface area contributed by atoms with E-state index in [4.69, 9.17) is 0 Å². The predicted octanol–water partition coefficient (Wildman–Crippen LogP) is 5.07. The summed E-state index contributed by atoms with van der Waals surface area (Å²) in [7, 11) is 1.96. The fourth-order valence-electron chi connectivity index (χ4n) is 3.29. The van der Waals surface area contributed by atoms with Crippen molar-refractivity contribution >= 4 is 22.7 Å². The lowest BCUT2D eigenvalue weighted by atomic mass is 10.0. The third-order valence-electron chi connectivity index (χ3n) is 4.80. The number of nitrogens with one attached hydrogen (secondary N) is 1. The third kappa shape index (κ3) is 3.48. The SMILES string of the molecule is C=C(Sc1cc(-c2ccc3nn(C)cc3c2)ccc1C)C1=CCNCC1. The highest BCUT2D eigenvalue weighted by atomic mass is 32.2. The summed E-state index contributed by atoms with van der Waals surface area (Å²) in [6, 6.07) is 13.1. The second-order valence-corrected chi connectivity index (χ2v) is 7.90. The van der Waals surface area contributed by atoms with E-state index < -0.39 is 0 Å². The normalized spacial score (nSPS) is 14.5. The van der Waals surface area contributed by atoms with Crippen LogP contribution in [0, 0.1) is 6.92 Å². The van der Waals surface area contributed by atoms with Crippen LogP contribution in [0.5, 0.6) is 0 Å². The highest BCUT2D eigenvalue weighted by Gasteiger charge is 2.11. The van der Waals surface area contributed by atoms with Crippen molar-refractivity contribution in [2.45, 2.75) is 18.2 Å². The molecule has 2 heterocycles. The molecule has 1 aliphatic rings. The van der Waals surface area contributed by atoms with Gasteiger partial charge < -0.3 is 5.32 Å². The maximum atomic E-state index is 4.46. The molecule has 0 aliphatic carbocycles. The van der Waals surface area contributed by atoms with Gasteiger partial charge in [0, 0.05) is 35.0 Å². The number of aromatic nitrogens is 2. The van der Waals surface area contributed by atoms with Crippen LogP contribution >= 0.6 is 11.8 Å². The zero-order valence-electron chi connectivity index (χ0n) is 15.2. The summed E-state index contributed by atoms with van der Waals surface area (Å²) < 4.78 is 1.86. The maximum absolute atomic E-state index is 4.46. The quantitative estimate of drug-likeness (QED) is 0.658. The van der Waals surface area contributed by atoms with Gasteiger partial charge in [-0.15, -0.1) is 0 Å². The Hall–Kier alpha value is -2.30. The molecular weight excluding hydrogens is 338 g/mol. The summed E-state index contributed by atoms with van der Waals surface area (Å²) in [5.41, 5.74) is 6.14. The molecule has 132 valence electrons. The van der Waals surface area contributed by atoms with Crippen molar-refractivity contribution in [1.82, 2.24) is 15.1 Å². The molecule has 26 heavy (non-hydrogen) atoms. The van der Waals surface area contributed by atoms with Crippen molar-refractivity contribution < 1.29 is 0 Å². The smallest absolute Gasteiger partial charge is 0.0923 e. The van der Waals surface area contributed by atoms with E-state index in [0.29, 0.717) is 0 Å². The number of hydrogen-bond acceptors (Lipinski definition) is 3. The fourth-order valence-corrected chi connectivity index (χ4v) is 4.29. The van der Waals surface area contributed by atoms with Crippen LogP contribution in [0.25, 0.3) is 22.0 Å². The van der Waals surface area contributed by atoms with E-state index in [0.717, 1.165) is 29.9 Å². The number of fused-ring (bicyclic) bond motifs is 1. The minimum Gasteiger partial charge on any atom is -0.313 e. The lowest BCUT2D eigenvalue weighted by Crippen LogP contribution is -2.20. The van der Waals surface area contributed by atoms with Crippen molar-refractivity contribution in [1.29, 1.82) is 0 Å². The average Bonchev–Trinajstić information content (AvgIpc) is 3.03. The first-order valence-electron chi connectivity index (χ1n) is 8.91. The maximum Gasteiger partial charge on any atom is 0.0923 e. The Bertz CT molecular complexity index is 1010. The monoisotopic (exact) mass is 361 g/mol. The van der Waals surface area contributed by atoms with Gasteiger partial charge in [0.15, 0.2) is 0 Å². The highest BCUT2D eigenvalue weighted by molar-refractivity contribution is 8.03. The largest absolute Gasteiger partial charge is 0.313 e. The first kappa shape index (κ1) is 17.1. The van der Waals surface area contributed by atoms with Crippen LogP contribution in [0.15, 0.2) is 70.6 Å². The second-order valence-electron chi connectivity index (χ2n) is 6.77. The van der Waals surface area contributed by atoms with Crippen LogP contribution < -0.4 is 5.32 Å². The van der Waals surface area contributed by atoms with Gasteiger partial charge in [-0.2, -0.15) is 5.10 Å². The van der Waals surface area contributed by atoms with Crippen molar-refractivity contribution in [3.63, 3.8) is 0 Å². The third-order valence-corrected chi connectivity index (χ3v) is 5.96. The number of thioether (sulfide) groups is 1. The average molecular weight is 362 g/mol. The minimum atomic E-state index is 0.944. The predicted molar refractivity (Wildman–Crippen MR) is 111 cm³/mol. The molecule has 0 bridgehead atoms. The molecule has 0 saturated heterocycles. The number of rotatable bonds is 4. The van der Waals surface area contributed by atoms with Gasteiger partial charge in [-0.1, -0.05) is 42.6 Å². The van der Waals surface area contributed by atoms with E-state index in [2.05, 4.69) is 72.6 Å². The van der Waals surface area contributed by atoms with Crippen molar-refractivity contribution in [3.05, 3.63) is 71.3 Å². The minimum absolute atomic E-state index is 0.944. The number of hydrogen-bond donors (Lipinski definition) is 1. The van der Waals surface area contributed by atoms with E-state index in [1.807, 2.05) is 11.7 Å². The first-order chi connectivity index (χ1) is 12.6. The van der Waals surface area contributed by atoms with E-state index in [1.165, 1.54) is 32.5 Å². The summed E-state index contributed by atoms with van der Waals surface area (Å²) in [6.45, 7) is 8.46. The standard InChI is InChI=1S/C22H23N3S/c1-15-4-5-19(18-6-7-21-20(12-18)14-25(3)24-21)13-22(15)26-16(2)17-8-10-23-11-9-17/h4-8,12-14,23H,2,9-11H2,1,3H3. The Morgan fingerprint density at radius 3 is 2.81 bits per heavy atom. The number of allylic oxidation sites excluding steroid dienone is 1. The zero-order valence-corrected chi connectivity index (χ0v) is 16.1. The van der Waals surface area contributed by atoms with Gasteiger partial charge in [-0.3, -0.25) is 4.68 Å². The van der Waals surface area contributed by atoms with Crippen molar-refractivity contribution in [2.24, 2.45) is 7.05 Å².